The number of fused-ring (bicyclic) bond motifs is 3. The van der Waals surface area contributed by atoms with Gasteiger partial charge < -0.3 is 20.4 Å². The summed E-state index contributed by atoms with van der Waals surface area (Å²) in [5.41, 5.74) is 3.90. The Morgan fingerprint density at radius 1 is 1.02 bits per heavy atom. The lowest BCUT2D eigenvalue weighted by Crippen LogP contribution is -2.53. The van der Waals surface area contributed by atoms with Crippen LogP contribution in [-0.2, 0) is 33.8 Å². The van der Waals surface area contributed by atoms with Crippen LogP contribution in [-0.4, -0.2) is 46.8 Å². The molecule has 0 spiro atoms. The number of benzene rings is 2. The molecule has 9 nitrogen and oxygen atoms in total. The number of Topliss-reactive ketones (excluding diaryl/α,β-unsaturated/α-hetero) is 1. The minimum Gasteiger partial charge on any atom is -0.445 e. The summed E-state index contributed by atoms with van der Waals surface area (Å²) in [7, 11) is 0. The van der Waals surface area contributed by atoms with Crippen LogP contribution in [0.2, 0.25) is 10.0 Å². The van der Waals surface area contributed by atoms with Crippen molar-refractivity contribution in [2.75, 3.05) is 0 Å². The maximum absolute atomic E-state index is 14.7. The Kier molecular flexibility index (Phi) is 12.8. The predicted octanol–water partition coefficient (Wildman–Crippen LogP) is 8.78. The highest BCUT2D eigenvalue weighted by molar-refractivity contribution is 6.38. The van der Waals surface area contributed by atoms with Crippen LogP contribution in [0.15, 0.2) is 52.7 Å². The molecule has 268 valence electrons. The minimum absolute atomic E-state index is 0.0401. The Labute approximate surface area is 305 Å². The summed E-state index contributed by atoms with van der Waals surface area (Å²) in [5.74, 6) is -0.0296. The molecule has 2 aliphatic rings. The average molecular weight is 723 g/mol. The second-order valence-electron chi connectivity index (χ2n) is 14.0. The molecule has 11 heteroatoms. The van der Waals surface area contributed by atoms with E-state index < -0.39 is 17.6 Å². The zero-order valence-corrected chi connectivity index (χ0v) is 31.0. The van der Waals surface area contributed by atoms with E-state index in [1.807, 2.05) is 50.2 Å². The Bertz CT molecular complexity index is 1740. The van der Waals surface area contributed by atoms with Gasteiger partial charge in [-0.1, -0.05) is 94.1 Å². The number of aromatic nitrogens is 1. The summed E-state index contributed by atoms with van der Waals surface area (Å²) < 4.78 is 5.45. The molecule has 50 heavy (non-hydrogen) atoms. The van der Waals surface area contributed by atoms with E-state index in [-0.39, 0.29) is 42.6 Å². The van der Waals surface area contributed by atoms with Gasteiger partial charge >= 0.3 is 6.09 Å². The normalized spacial score (nSPS) is 19.5. The summed E-state index contributed by atoms with van der Waals surface area (Å²) in [6, 6.07) is 12.1. The highest BCUT2D eigenvalue weighted by Gasteiger charge is 2.44. The number of halogens is 2. The number of nitrogens with zero attached hydrogens (tertiary/aromatic N) is 2. The first-order chi connectivity index (χ1) is 24.0. The molecular formula is C39H49Cl2N5O4. The van der Waals surface area contributed by atoms with Gasteiger partial charge in [-0.3, -0.25) is 9.59 Å². The molecule has 2 aromatic carbocycles. The first-order valence-electron chi connectivity index (χ1n) is 17.9. The monoisotopic (exact) mass is 721 g/mol. The van der Waals surface area contributed by atoms with Crippen molar-refractivity contribution in [2.24, 2.45) is 27.5 Å². The lowest BCUT2D eigenvalue weighted by molar-refractivity contribution is -0.133. The highest BCUT2D eigenvalue weighted by atomic mass is 35.5. The van der Waals surface area contributed by atoms with Crippen LogP contribution in [0, 0.1) is 17.3 Å². The fourth-order valence-electron chi connectivity index (χ4n) is 7.22. The van der Waals surface area contributed by atoms with E-state index in [1.165, 1.54) is 0 Å². The van der Waals surface area contributed by atoms with Gasteiger partial charge in [0.05, 0.1) is 33.7 Å². The number of hydrogen-bond donors (Lipinski definition) is 3. The molecule has 0 saturated heterocycles. The predicted molar refractivity (Wildman–Crippen MR) is 201 cm³/mol. The van der Waals surface area contributed by atoms with Crippen molar-refractivity contribution < 1.29 is 19.1 Å². The summed E-state index contributed by atoms with van der Waals surface area (Å²) in [4.78, 5) is 44.7. The number of H-pyrrole nitrogens is 1. The van der Waals surface area contributed by atoms with Crippen LogP contribution in [0.3, 0.4) is 0 Å². The van der Waals surface area contributed by atoms with Gasteiger partial charge in [0, 0.05) is 28.7 Å². The summed E-state index contributed by atoms with van der Waals surface area (Å²) >= 11 is 13.1. The Morgan fingerprint density at radius 3 is 2.48 bits per heavy atom. The van der Waals surface area contributed by atoms with Crippen LogP contribution in [0.4, 0.5) is 4.79 Å². The maximum atomic E-state index is 14.7. The molecule has 1 aromatic heterocycles. The standard InChI is InChI=1S/C39H49Cl2N5O4/c1-5-24(3)34(32-14-11-19-42-46-32)44-37(48)39(18-16-31-29(22-39)28-20-27(40)21-30(41)36(28)43-31)17-10-15-33(47)35(25(4)6-2)45-38(49)50-23-26-12-8-7-9-13-26/h7-9,12-13,19-21,24-25,34-35,43H,5-6,10-11,14-18,22-23H2,1-4H3,(H,44,48)(H,45,49)/t24?,25?,34-,35-,39+/m0/s1. The average Bonchev–Trinajstić information content (AvgIpc) is 3.49. The van der Waals surface area contributed by atoms with Gasteiger partial charge in [0.25, 0.3) is 0 Å². The molecule has 3 aromatic rings. The number of aryl methyl sites for hydroxylation is 1. The molecule has 3 N–H and O–H groups in total. The fraction of sp³-hybridized carbons (Fsp3) is 0.513. The van der Waals surface area contributed by atoms with Crippen molar-refractivity contribution in [3.8, 4) is 0 Å². The quantitative estimate of drug-likeness (QED) is 0.145. The molecule has 1 aliphatic carbocycles. The summed E-state index contributed by atoms with van der Waals surface area (Å²) in [6.07, 6.45) is 7.25. The van der Waals surface area contributed by atoms with Crippen molar-refractivity contribution in [3.63, 3.8) is 0 Å². The number of carbonyl (C=O) groups excluding carboxylic acids is 3. The number of ketones is 1. The van der Waals surface area contributed by atoms with E-state index in [0.29, 0.717) is 48.6 Å². The van der Waals surface area contributed by atoms with Gasteiger partial charge in [0.2, 0.25) is 5.91 Å². The van der Waals surface area contributed by atoms with E-state index >= 15 is 0 Å². The fourth-order valence-corrected chi connectivity index (χ4v) is 7.76. The smallest absolute Gasteiger partial charge is 0.408 e. The molecule has 0 saturated carbocycles. The second-order valence-corrected chi connectivity index (χ2v) is 14.8. The molecule has 5 rings (SSSR count). The third-order valence-electron chi connectivity index (χ3n) is 10.7. The van der Waals surface area contributed by atoms with E-state index in [1.54, 1.807) is 12.3 Å². The first-order valence-corrected chi connectivity index (χ1v) is 18.7. The molecule has 2 heterocycles. The molecule has 1 aliphatic heterocycles. The number of aromatic amines is 1. The van der Waals surface area contributed by atoms with E-state index in [4.69, 9.17) is 27.9 Å². The second kappa shape index (κ2) is 17.0. The molecular weight excluding hydrogens is 673 g/mol. The van der Waals surface area contributed by atoms with Gasteiger partial charge in [-0.05, 0) is 80.0 Å². The van der Waals surface area contributed by atoms with Gasteiger partial charge in [0.1, 0.15) is 6.61 Å². The Morgan fingerprint density at radius 2 is 1.78 bits per heavy atom. The largest absolute Gasteiger partial charge is 0.445 e. The molecule has 0 fully saturated rings. The van der Waals surface area contributed by atoms with Crippen LogP contribution < -0.4 is 10.6 Å². The van der Waals surface area contributed by atoms with Crippen molar-refractivity contribution >= 4 is 63.8 Å². The minimum atomic E-state index is -0.782. The number of nitrogens with one attached hydrogen (secondary N) is 3. The zero-order chi connectivity index (χ0) is 35.8. The van der Waals surface area contributed by atoms with E-state index in [9.17, 15) is 14.4 Å². The number of hydrogen-bond acceptors (Lipinski definition) is 6. The molecule has 0 radical (unpaired) electrons. The summed E-state index contributed by atoms with van der Waals surface area (Å²) in [5, 5.41) is 16.9. The lowest BCUT2D eigenvalue weighted by Gasteiger charge is -2.38. The number of rotatable bonds is 15. The van der Waals surface area contributed by atoms with Gasteiger partial charge in [-0.2, -0.15) is 10.2 Å². The third kappa shape index (κ3) is 8.78. The third-order valence-corrected chi connectivity index (χ3v) is 11.2. The number of alkyl carbamates (subject to hydrolysis) is 1. The zero-order valence-electron chi connectivity index (χ0n) is 29.5. The SMILES string of the molecule is CCC(C)[C@H](NC(=O)OCc1ccccc1)C(=O)CCC[C@@]1(C(=O)N[C@H](C2=NN=CCC2)C(C)CC)CCc2[nH]c3c(Cl)cc(Cl)cc3c2C1. The van der Waals surface area contributed by atoms with Gasteiger partial charge in [-0.25, -0.2) is 4.79 Å². The lowest BCUT2D eigenvalue weighted by atomic mass is 9.68. The van der Waals surface area contributed by atoms with Crippen molar-refractivity contribution in [1.82, 2.24) is 15.6 Å². The van der Waals surface area contributed by atoms with Crippen molar-refractivity contribution in [1.29, 1.82) is 0 Å². The highest BCUT2D eigenvalue weighted by Crippen LogP contribution is 2.44. The molecule has 2 unspecified atom stereocenters. The molecule has 2 amide bonds. The van der Waals surface area contributed by atoms with Crippen molar-refractivity contribution in [3.05, 3.63) is 69.3 Å². The van der Waals surface area contributed by atoms with E-state index in [2.05, 4.69) is 39.7 Å². The number of ether oxygens (including phenoxy) is 1. The molecule has 0 bridgehead atoms. The van der Waals surface area contributed by atoms with Crippen molar-refractivity contribution in [2.45, 2.75) is 111 Å². The van der Waals surface area contributed by atoms with Crippen LogP contribution >= 0.6 is 23.2 Å². The maximum Gasteiger partial charge on any atom is 0.408 e. The van der Waals surface area contributed by atoms with Gasteiger partial charge in [0.15, 0.2) is 5.78 Å². The summed E-state index contributed by atoms with van der Waals surface area (Å²) in [6.45, 7) is 8.32. The van der Waals surface area contributed by atoms with Crippen LogP contribution in [0.5, 0.6) is 0 Å². The van der Waals surface area contributed by atoms with Crippen LogP contribution in [0.25, 0.3) is 10.9 Å². The number of carbonyl (C=O) groups is 3. The Hall–Kier alpha value is -3.69. The van der Waals surface area contributed by atoms with E-state index in [0.717, 1.165) is 52.7 Å². The van der Waals surface area contributed by atoms with Crippen LogP contribution in [0.1, 0.15) is 95.9 Å². The van der Waals surface area contributed by atoms with Gasteiger partial charge in [-0.15, -0.1) is 0 Å². The molecule has 5 atom stereocenters. The first kappa shape index (κ1) is 37.6. The topological polar surface area (TPSA) is 125 Å². The Balaban J connectivity index is 1.36. The number of amides is 2.